The normalized spacial score (nSPS) is 9.22. The third-order valence-corrected chi connectivity index (χ3v) is 2.34. The number of rotatable bonds is 2. The lowest BCUT2D eigenvalue weighted by Gasteiger charge is -2.07. The van der Waals surface area contributed by atoms with Crippen LogP contribution in [0.1, 0.15) is 11.3 Å². The Hall–Kier alpha value is -3.05. The van der Waals surface area contributed by atoms with Gasteiger partial charge in [-0.3, -0.25) is 0 Å². The van der Waals surface area contributed by atoms with Gasteiger partial charge in [-0.15, -0.1) is 0 Å². The molecule has 2 rings (SSSR count). The average Bonchev–Trinajstić information content (AvgIpc) is 2.41. The molecule has 0 spiro atoms. The minimum absolute atomic E-state index is 0.162. The summed E-state index contributed by atoms with van der Waals surface area (Å²) in [7, 11) is 0. The molecule has 0 saturated heterocycles. The molecule has 0 radical (unpaired) electrons. The highest BCUT2D eigenvalue weighted by atomic mass is 15.0. The predicted octanol–water partition coefficient (Wildman–Crippen LogP) is 2.15. The van der Waals surface area contributed by atoms with Gasteiger partial charge >= 0.3 is 0 Å². The van der Waals surface area contributed by atoms with Crippen LogP contribution in [0.2, 0.25) is 0 Å². The minimum Gasteiger partial charge on any atom is -0.396 e. The smallest absolute Gasteiger partial charge is 0.165 e. The van der Waals surface area contributed by atoms with Gasteiger partial charge < -0.3 is 11.1 Å². The molecule has 0 fully saturated rings. The molecular formula is C13H9N5. The van der Waals surface area contributed by atoms with Gasteiger partial charge in [0.25, 0.3) is 0 Å². The van der Waals surface area contributed by atoms with Crippen LogP contribution in [0.5, 0.6) is 0 Å². The van der Waals surface area contributed by atoms with E-state index in [1.165, 1.54) is 0 Å². The van der Waals surface area contributed by atoms with Crippen molar-refractivity contribution < 1.29 is 0 Å². The summed E-state index contributed by atoms with van der Waals surface area (Å²) in [5.74, 6) is 0.475. The van der Waals surface area contributed by atoms with Crippen molar-refractivity contribution in [2.24, 2.45) is 0 Å². The molecule has 0 amide bonds. The zero-order valence-electron chi connectivity index (χ0n) is 9.38. The van der Waals surface area contributed by atoms with Gasteiger partial charge in [0.05, 0.1) is 16.9 Å². The molecule has 1 aromatic carbocycles. The molecule has 0 saturated carbocycles. The number of para-hydroxylation sites is 1. The Morgan fingerprint density at radius 3 is 2.56 bits per heavy atom. The first kappa shape index (κ1) is 11.4. The highest BCUT2D eigenvalue weighted by Crippen LogP contribution is 2.20. The lowest BCUT2D eigenvalue weighted by molar-refractivity contribution is 1.26. The maximum atomic E-state index is 8.96. The number of nitrogens with one attached hydrogen (secondary N) is 1. The van der Waals surface area contributed by atoms with E-state index in [0.717, 1.165) is 0 Å². The second-order valence-electron chi connectivity index (χ2n) is 3.53. The van der Waals surface area contributed by atoms with Crippen molar-refractivity contribution in [3.05, 3.63) is 47.7 Å². The van der Waals surface area contributed by atoms with Crippen molar-refractivity contribution in [2.45, 2.75) is 0 Å². The fraction of sp³-hybridized carbons (Fsp3) is 0. The van der Waals surface area contributed by atoms with Crippen LogP contribution in [0.3, 0.4) is 0 Å². The van der Waals surface area contributed by atoms with Crippen LogP contribution in [0.25, 0.3) is 0 Å². The molecule has 1 heterocycles. The number of aromatic nitrogens is 1. The third kappa shape index (κ3) is 2.21. The standard InChI is InChI=1S/C13H9N5/c14-7-9-3-1-2-4-11(9)17-13-6-5-10(16)12(8-15)18-13/h1-6H,16H2,(H,17,18). The van der Waals surface area contributed by atoms with Crippen LogP contribution >= 0.6 is 0 Å². The van der Waals surface area contributed by atoms with Gasteiger partial charge in [0.2, 0.25) is 0 Å². The van der Waals surface area contributed by atoms with E-state index in [2.05, 4.69) is 16.4 Å². The molecule has 0 aliphatic rings. The highest BCUT2D eigenvalue weighted by Gasteiger charge is 2.05. The first-order chi connectivity index (χ1) is 8.74. The van der Waals surface area contributed by atoms with Crippen LogP contribution in [0.15, 0.2) is 36.4 Å². The van der Waals surface area contributed by atoms with Gasteiger partial charge in [-0.2, -0.15) is 10.5 Å². The van der Waals surface area contributed by atoms with E-state index in [-0.39, 0.29) is 5.69 Å². The van der Waals surface area contributed by atoms with Gasteiger partial charge in [0.1, 0.15) is 18.0 Å². The van der Waals surface area contributed by atoms with Gasteiger partial charge in [0, 0.05) is 0 Å². The second kappa shape index (κ2) is 4.86. The summed E-state index contributed by atoms with van der Waals surface area (Å²) in [4.78, 5) is 4.05. The number of anilines is 3. The number of nitrogen functional groups attached to an aromatic ring is 1. The van der Waals surface area contributed by atoms with E-state index >= 15 is 0 Å². The molecule has 86 valence electrons. The number of nitriles is 2. The van der Waals surface area contributed by atoms with Crippen molar-refractivity contribution in [2.75, 3.05) is 11.1 Å². The quantitative estimate of drug-likeness (QED) is 0.830. The Balaban J connectivity index is 2.36. The number of benzene rings is 1. The van der Waals surface area contributed by atoms with E-state index in [1.807, 2.05) is 12.1 Å². The first-order valence-corrected chi connectivity index (χ1v) is 5.17. The fourth-order valence-corrected chi connectivity index (χ4v) is 1.46. The first-order valence-electron chi connectivity index (χ1n) is 5.17. The van der Waals surface area contributed by atoms with Crippen LogP contribution in [0.4, 0.5) is 17.2 Å². The summed E-state index contributed by atoms with van der Waals surface area (Å²) >= 11 is 0. The Labute approximate surface area is 104 Å². The molecule has 2 aromatic rings. The molecule has 0 bridgehead atoms. The van der Waals surface area contributed by atoms with Crippen LogP contribution in [-0.4, -0.2) is 4.98 Å². The summed E-state index contributed by atoms with van der Waals surface area (Å²) < 4.78 is 0. The van der Waals surface area contributed by atoms with Gasteiger partial charge in [-0.1, -0.05) is 12.1 Å². The van der Waals surface area contributed by atoms with E-state index < -0.39 is 0 Å². The molecule has 0 atom stereocenters. The largest absolute Gasteiger partial charge is 0.396 e. The summed E-state index contributed by atoms with van der Waals surface area (Å²) in [6.07, 6.45) is 0. The fourth-order valence-electron chi connectivity index (χ4n) is 1.46. The van der Waals surface area contributed by atoms with Crippen molar-refractivity contribution >= 4 is 17.2 Å². The lowest BCUT2D eigenvalue weighted by atomic mass is 10.2. The number of nitrogens with zero attached hydrogens (tertiary/aromatic N) is 3. The van der Waals surface area contributed by atoms with Gasteiger partial charge in [-0.25, -0.2) is 4.98 Å². The summed E-state index contributed by atoms with van der Waals surface area (Å²) in [6.45, 7) is 0. The molecule has 3 N–H and O–H groups in total. The highest BCUT2D eigenvalue weighted by molar-refractivity contribution is 5.66. The van der Waals surface area contributed by atoms with Gasteiger partial charge in [-0.05, 0) is 24.3 Å². The zero-order chi connectivity index (χ0) is 13.0. The van der Waals surface area contributed by atoms with E-state index in [1.54, 1.807) is 30.3 Å². The summed E-state index contributed by atoms with van der Waals surface area (Å²) in [6, 6.07) is 14.3. The maximum absolute atomic E-state index is 8.96. The van der Waals surface area contributed by atoms with Crippen LogP contribution in [0, 0.1) is 22.7 Å². The predicted molar refractivity (Wildman–Crippen MR) is 67.8 cm³/mol. The van der Waals surface area contributed by atoms with Crippen LogP contribution in [-0.2, 0) is 0 Å². The van der Waals surface area contributed by atoms with Crippen molar-refractivity contribution in [1.82, 2.24) is 4.98 Å². The van der Waals surface area contributed by atoms with Crippen molar-refractivity contribution in [3.63, 3.8) is 0 Å². The molecule has 1 aromatic heterocycles. The topological polar surface area (TPSA) is 98.5 Å². The third-order valence-electron chi connectivity index (χ3n) is 2.34. The second-order valence-corrected chi connectivity index (χ2v) is 3.53. The molecule has 5 heteroatoms. The van der Waals surface area contributed by atoms with E-state index in [0.29, 0.717) is 22.8 Å². The van der Waals surface area contributed by atoms with Gasteiger partial charge in [0.15, 0.2) is 5.69 Å². The number of pyridine rings is 1. The number of nitrogens with two attached hydrogens (primary N) is 1. The Bertz CT molecular complexity index is 664. The average molecular weight is 235 g/mol. The maximum Gasteiger partial charge on any atom is 0.165 e. The molecule has 0 aliphatic heterocycles. The van der Waals surface area contributed by atoms with E-state index in [9.17, 15) is 0 Å². The Kier molecular flexibility index (Phi) is 3.08. The lowest BCUT2D eigenvalue weighted by Crippen LogP contribution is -2.00. The monoisotopic (exact) mass is 235 g/mol. The van der Waals surface area contributed by atoms with Crippen molar-refractivity contribution in [1.29, 1.82) is 10.5 Å². The number of hydrogen-bond donors (Lipinski definition) is 2. The SMILES string of the molecule is N#Cc1ccccc1Nc1ccc(N)c(C#N)n1. The molecular weight excluding hydrogens is 226 g/mol. The van der Waals surface area contributed by atoms with E-state index in [4.69, 9.17) is 16.3 Å². The van der Waals surface area contributed by atoms with Crippen molar-refractivity contribution in [3.8, 4) is 12.1 Å². The minimum atomic E-state index is 0.162. The zero-order valence-corrected chi connectivity index (χ0v) is 9.38. The summed E-state index contributed by atoms with van der Waals surface area (Å²) in [5.41, 5.74) is 7.22. The Morgan fingerprint density at radius 1 is 1.06 bits per heavy atom. The number of hydrogen-bond acceptors (Lipinski definition) is 5. The molecule has 18 heavy (non-hydrogen) atoms. The van der Waals surface area contributed by atoms with Crippen LogP contribution < -0.4 is 11.1 Å². The molecule has 0 unspecified atom stereocenters. The molecule has 0 aliphatic carbocycles. The molecule has 5 nitrogen and oxygen atoms in total. The Morgan fingerprint density at radius 2 is 1.83 bits per heavy atom. The summed E-state index contributed by atoms with van der Waals surface area (Å²) in [5, 5.41) is 20.8.